The topological polar surface area (TPSA) is 15.3 Å². The lowest BCUT2D eigenvalue weighted by molar-refractivity contribution is 0.238. The maximum Gasteiger partial charge on any atom is 0.00191 e. The summed E-state index contributed by atoms with van der Waals surface area (Å²) < 4.78 is 0. The van der Waals surface area contributed by atoms with Gasteiger partial charge in [0.1, 0.15) is 0 Å². The second-order valence-electron chi connectivity index (χ2n) is 6.17. The van der Waals surface area contributed by atoms with E-state index in [4.69, 9.17) is 0 Å². The third-order valence-corrected chi connectivity index (χ3v) is 3.96. The van der Waals surface area contributed by atoms with Crippen LogP contribution in [0.5, 0.6) is 0 Å². The number of likely N-dealkylation sites (tertiary alicyclic amines) is 1. The third-order valence-electron chi connectivity index (χ3n) is 3.96. The van der Waals surface area contributed by atoms with E-state index in [1.54, 1.807) is 0 Å². The molecule has 1 fully saturated rings. The molecule has 0 saturated carbocycles. The molecule has 0 aromatic rings. The Balaban J connectivity index is 2.21. The second-order valence-corrected chi connectivity index (χ2v) is 6.17. The lowest BCUT2D eigenvalue weighted by atomic mass is 9.98. The van der Waals surface area contributed by atoms with E-state index in [1.807, 2.05) is 0 Å². The fourth-order valence-electron chi connectivity index (χ4n) is 2.76. The lowest BCUT2D eigenvalue weighted by Crippen LogP contribution is -2.36. The van der Waals surface area contributed by atoms with Crippen LogP contribution in [-0.2, 0) is 0 Å². The molecule has 0 aromatic heterocycles. The predicted octanol–water partition coefficient (Wildman–Crippen LogP) is 3.13. The summed E-state index contributed by atoms with van der Waals surface area (Å²) in [7, 11) is 0. The molecule has 1 aliphatic heterocycles. The lowest BCUT2D eigenvalue weighted by Gasteiger charge is -2.25. The molecule has 0 radical (unpaired) electrons. The number of hydrogen-bond donors (Lipinski definition) is 1. The van der Waals surface area contributed by atoms with Gasteiger partial charge in [-0.15, -0.1) is 0 Å². The van der Waals surface area contributed by atoms with Crippen LogP contribution in [0.15, 0.2) is 0 Å². The Morgan fingerprint density at radius 1 is 1.18 bits per heavy atom. The molecular formula is C15H32N2. The molecule has 0 spiro atoms. The van der Waals surface area contributed by atoms with Gasteiger partial charge in [-0.2, -0.15) is 0 Å². The normalized spacial score (nSPS) is 24.9. The van der Waals surface area contributed by atoms with Crippen LogP contribution in [0, 0.1) is 11.8 Å². The van der Waals surface area contributed by atoms with Crippen LogP contribution >= 0.6 is 0 Å². The van der Waals surface area contributed by atoms with Crippen molar-refractivity contribution in [3.63, 3.8) is 0 Å². The smallest absolute Gasteiger partial charge is 0.00191 e. The molecule has 17 heavy (non-hydrogen) atoms. The Labute approximate surface area is 108 Å². The molecule has 0 aliphatic carbocycles. The zero-order valence-electron chi connectivity index (χ0n) is 12.3. The maximum absolute atomic E-state index is 3.54. The van der Waals surface area contributed by atoms with Crippen LogP contribution in [0.3, 0.4) is 0 Å². The summed E-state index contributed by atoms with van der Waals surface area (Å²) in [5, 5.41) is 3.54. The summed E-state index contributed by atoms with van der Waals surface area (Å²) in [4.78, 5) is 2.68. The quantitative estimate of drug-likeness (QED) is 0.767. The van der Waals surface area contributed by atoms with Crippen molar-refractivity contribution in [2.75, 3.05) is 26.2 Å². The molecule has 0 bridgehead atoms. The Morgan fingerprint density at radius 3 is 2.59 bits per heavy atom. The highest BCUT2D eigenvalue weighted by Gasteiger charge is 2.17. The van der Waals surface area contributed by atoms with Gasteiger partial charge in [0, 0.05) is 12.6 Å². The van der Waals surface area contributed by atoms with Crippen molar-refractivity contribution in [2.24, 2.45) is 11.8 Å². The zero-order valence-corrected chi connectivity index (χ0v) is 12.3. The van der Waals surface area contributed by atoms with Crippen molar-refractivity contribution in [1.82, 2.24) is 10.2 Å². The van der Waals surface area contributed by atoms with Gasteiger partial charge in [-0.3, -0.25) is 0 Å². The zero-order chi connectivity index (χ0) is 12.7. The maximum atomic E-state index is 3.54. The molecular weight excluding hydrogens is 208 g/mol. The number of rotatable bonds is 6. The van der Waals surface area contributed by atoms with E-state index in [1.165, 1.54) is 45.3 Å². The van der Waals surface area contributed by atoms with Crippen molar-refractivity contribution in [3.8, 4) is 0 Å². The van der Waals surface area contributed by atoms with Gasteiger partial charge < -0.3 is 10.2 Å². The highest BCUT2D eigenvalue weighted by molar-refractivity contribution is 4.72. The van der Waals surface area contributed by atoms with Gasteiger partial charge in [-0.25, -0.2) is 0 Å². The number of nitrogens with one attached hydrogen (secondary N) is 1. The minimum absolute atomic E-state index is 0.617. The summed E-state index contributed by atoms with van der Waals surface area (Å²) in [5.41, 5.74) is 0. The van der Waals surface area contributed by atoms with Crippen LogP contribution in [-0.4, -0.2) is 37.1 Å². The van der Waals surface area contributed by atoms with Gasteiger partial charge in [0.05, 0.1) is 0 Å². The van der Waals surface area contributed by atoms with E-state index >= 15 is 0 Å². The average molecular weight is 240 g/mol. The Kier molecular flexibility index (Phi) is 7.14. The molecule has 2 heteroatoms. The monoisotopic (exact) mass is 240 g/mol. The molecule has 1 aliphatic rings. The minimum Gasteiger partial charge on any atom is -0.314 e. The van der Waals surface area contributed by atoms with Crippen LogP contribution in [0.2, 0.25) is 0 Å². The first-order chi connectivity index (χ1) is 8.11. The standard InChI is InChI=1S/C15H32N2/c1-5-15-7-6-9-17(10-8-15)12-14(4)11-16-13(2)3/h13-16H,5-12H2,1-4H3. The van der Waals surface area contributed by atoms with E-state index < -0.39 is 0 Å². The van der Waals surface area contributed by atoms with Crippen molar-refractivity contribution in [3.05, 3.63) is 0 Å². The van der Waals surface area contributed by atoms with Crippen molar-refractivity contribution < 1.29 is 0 Å². The average Bonchev–Trinajstić information content (AvgIpc) is 2.51. The minimum atomic E-state index is 0.617. The highest BCUT2D eigenvalue weighted by atomic mass is 15.1. The van der Waals surface area contributed by atoms with Crippen molar-refractivity contribution in [2.45, 2.75) is 59.4 Å². The van der Waals surface area contributed by atoms with E-state index in [9.17, 15) is 0 Å². The molecule has 1 heterocycles. The Bertz CT molecular complexity index is 191. The summed E-state index contributed by atoms with van der Waals surface area (Å²) in [5.74, 6) is 1.76. The molecule has 1 rings (SSSR count). The largest absolute Gasteiger partial charge is 0.314 e. The van der Waals surface area contributed by atoms with Crippen molar-refractivity contribution >= 4 is 0 Å². The fourth-order valence-corrected chi connectivity index (χ4v) is 2.76. The SMILES string of the molecule is CCC1CCCN(CC(C)CNC(C)C)CC1. The summed E-state index contributed by atoms with van der Waals surface area (Å²) in [6, 6.07) is 0.617. The van der Waals surface area contributed by atoms with Crippen LogP contribution in [0.1, 0.15) is 53.4 Å². The fraction of sp³-hybridized carbons (Fsp3) is 1.00. The van der Waals surface area contributed by atoms with Gasteiger partial charge in [0.2, 0.25) is 0 Å². The third kappa shape index (κ3) is 6.42. The molecule has 102 valence electrons. The summed E-state index contributed by atoms with van der Waals surface area (Å²) in [6.45, 7) is 14.2. The van der Waals surface area contributed by atoms with E-state index in [-0.39, 0.29) is 0 Å². The molecule has 1 saturated heterocycles. The number of hydrogen-bond acceptors (Lipinski definition) is 2. The van der Waals surface area contributed by atoms with Gasteiger partial charge in [-0.1, -0.05) is 34.1 Å². The Morgan fingerprint density at radius 2 is 1.94 bits per heavy atom. The van der Waals surface area contributed by atoms with Crippen molar-refractivity contribution in [1.29, 1.82) is 0 Å². The van der Waals surface area contributed by atoms with Crippen LogP contribution in [0.4, 0.5) is 0 Å². The molecule has 0 aromatic carbocycles. The Hall–Kier alpha value is -0.0800. The van der Waals surface area contributed by atoms with Gasteiger partial charge in [-0.05, 0) is 50.7 Å². The van der Waals surface area contributed by atoms with E-state index in [0.717, 1.165) is 18.4 Å². The first kappa shape index (κ1) is 15.0. The van der Waals surface area contributed by atoms with E-state index in [2.05, 4.69) is 37.9 Å². The molecule has 1 N–H and O–H groups in total. The van der Waals surface area contributed by atoms with Gasteiger partial charge in [0.15, 0.2) is 0 Å². The second kappa shape index (κ2) is 8.10. The molecule has 0 amide bonds. The molecule has 2 unspecified atom stereocenters. The first-order valence-electron chi connectivity index (χ1n) is 7.57. The van der Waals surface area contributed by atoms with Crippen LogP contribution in [0.25, 0.3) is 0 Å². The molecule has 2 atom stereocenters. The van der Waals surface area contributed by atoms with E-state index in [0.29, 0.717) is 6.04 Å². The first-order valence-corrected chi connectivity index (χ1v) is 7.57. The van der Waals surface area contributed by atoms with Crippen LogP contribution < -0.4 is 5.32 Å². The summed E-state index contributed by atoms with van der Waals surface area (Å²) >= 11 is 0. The van der Waals surface area contributed by atoms with Gasteiger partial charge in [0.25, 0.3) is 0 Å². The predicted molar refractivity (Wildman–Crippen MR) is 76.4 cm³/mol. The highest BCUT2D eigenvalue weighted by Crippen LogP contribution is 2.20. The molecule has 2 nitrogen and oxygen atoms in total. The van der Waals surface area contributed by atoms with Gasteiger partial charge >= 0.3 is 0 Å². The number of nitrogens with zero attached hydrogens (tertiary/aromatic N) is 1. The summed E-state index contributed by atoms with van der Waals surface area (Å²) in [6.07, 6.45) is 5.65.